The number of amides is 1. The summed E-state index contributed by atoms with van der Waals surface area (Å²) in [7, 11) is 1.84. The predicted molar refractivity (Wildman–Crippen MR) is 107 cm³/mol. The van der Waals surface area contributed by atoms with Crippen LogP contribution in [-0.4, -0.2) is 33.3 Å². The molecule has 6 nitrogen and oxygen atoms in total. The molecule has 3 heterocycles. The van der Waals surface area contributed by atoms with Crippen molar-refractivity contribution in [3.63, 3.8) is 0 Å². The van der Waals surface area contributed by atoms with Gasteiger partial charge in [0.2, 0.25) is 0 Å². The summed E-state index contributed by atoms with van der Waals surface area (Å²) in [5, 5.41) is 10.1. The average molecular weight is 402 g/mol. The van der Waals surface area contributed by atoms with Crippen LogP contribution in [0.4, 0.5) is 0 Å². The van der Waals surface area contributed by atoms with E-state index in [1.54, 1.807) is 16.0 Å². The molecule has 0 aliphatic carbocycles. The molecule has 0 unspecified atom stereocenters. The van der Waals surface area contributed by atoms with Crippen LogP contribution in [0.5, 0.6) is 0 Å². The van der Waals surface area contributed by atoms with Crippen molar-refractivity contribution in [3.8, 4) is 10.6 Å². The number of thiophene rings is 1. The smallest absolute Gasteiger partial charge is 0.252 e. The van der Waals surface area contributed by atoms with Crippen LogP contribution >= 0.6 is 36.2 Å². The SMILES string of the molecule is Cc1nn(C)c2nc(-c3cccs3)cc(C(=O)N[C@@H](C)CN)c12.Cl.Cl. The van der Waals surface area contributed by atoms with E-state index in [2.05, 4.69) is 15.4 Å². The second-order valence-corrected chi connectivity index (χ2v) is 6.50. The van der Waals surface area contributed by atoms with E-state index in [0.29, 0.717) is 17.8 Å². The molecule has 136 valence electrons. The summed E-state index contributed by atoms with van der Waals surface area (Å²) >= 11 is 1.59. The lowest BCUT2D eigenvalue weighted by atomic mass is 10.1. The molecule has 0 radical (unpaired) electrons. The number of nitrogens with zero attached hydrogens (tertiary/aromatic N) is 3. The van der Waals surface area contributed by atoms with Gasteiger partial charge in [-0.05, 0) is 31.4 Å². The first kappa shape index (κ1) is 21.4. The van der Waals surface area contributed by atoms with Gasteiger partial charge in [0.25, 0.3) is 5.91 Å². The van der Waals surface area contributed by atoms with Gasteiger partial charge in [0.1, 0.15) is 0 Å². The third-order valence-electron chi connectivity index (χ3n) is 3.72. The van der Waals surface area contributed by atoms with Gasteiger partial charge in [-0.2, -0.15) is 5.10 Å². The maximum absolute atomic E-state index is 12.7. The molecule has 3 rings (SSSR count). The van der Waals surface area contributed by atoms with E-state index >= 15 is 0 Å². The summed E-state index contributed by atoms with van der Waals surface area (Å²) in [5.41, 5.74) is 8.47. The third-order valence-corrected chi connectivity index (χ3v) is 4.61. The first-order chi connectivity index (χ1) is 11.0. The van der Waals surface area contributed by atoms with Crippen LogP contribution < -0.4 is 11.1 Å². The molecule has 1 atom stereocenters. The number of hydrogen-bond acceptors (Lipinski definition) is 5. The van der Waals surface area contributed by atoms with Crippen LogP contribution in [0, 0.1) is 6.92 Å². The first-order valence-corrected chi connectivity index (χ1v) is 8.28. The fourth-order valence-corrected chi connectivity index (χ4v) is 3.22. The molecule has 0 bridgehead atoms. The molecular formula is C16H21Cl2N5OS. The minimum Gasteiger partial charge on any atom is -0.348 e. The second kappa shape index (κ2) is 8.62. The number of nitrogens with two attached hydrogens (primary N) is 1. The van der Waals surface area contributed by atoms with Crippen LogP contribution in [0.2, 0.25) is 0 Å². The van der Waals surface area contributed by atoms with E-state index in [4.69, 9.17) is 5.73 Å². The van der Waals surface area contributed by atoms with E-state index in [1.807, 2.05) is 44.5 Å². The van der Waals surface area contributed by atoms with Gasteiger partial charge in [0, 0.05) is 19.6 Å². The molecule has 3 aromatic heterocycles. The molecule has 0 saturated heterocycles. The van der Waals surface area contributed by atoms with Crippen molar-refractivity contribution in [2.24, 2.45) is 12.8 Å². The number of pyridine rings is 1. The monoisotopic (exact) mass is 401 g/mol. The summed E-state index contributed by atoms with van der Waals surface area (Å²) in [5.74, 6) is -0.149. The standard InChI is InChI=1S/C16H19N5OS.2ClH/c1-9(8-17)18-16(22)11-7-12(13-5-4-6-23-13)19-15-14(11)10(2)20-21(15)3;;/h4-7,9H,8,17H2,1-3H3,(H,18,22);2*1H/t9-;;/m0../s1. The maximum atomic E-state index is 12.7. The predicted octanol–water partition coefficient (Wildman–Crippen LogP) is 2.93. The molecule has 1 amide bonds. The largest absolute Gasteiger partial charge is 0.348 e. The lowest BCUT2D eigenvalue weighted by molar-refractivity contribution is 0.0943. The zero-order valence-electron chi connectivity index (χ0n) is 14.1. The Morgan fingerprint density at radius 1 is 1.44 bits per heavy atom. The van der Waals surface area contributed by atoms with Gasteiger partial charge in [0.05, 0.1) is 27.2 Å². The van der Waals surface area contributed by atoms with Crippen molar-refractivity contribution in [2.75, 3.05) is 6.54 Å². The van der Waals surface area contributed by atoms with Gasteiger partial charge in [-0.15, -0.1) is 36.2 Å². The lowest BCUT2D eigenvalue weighted by Gasteiger charge is -2.13. The summed E-state index contributed by atoms with van der Waals surface area (Å²) in [6.45, 7) is 4.16. The van der Waals surface area contributed by atoms with Gasteiger partial charge < -0.3 is 11.1 Å². The van der Waals surface area contributed by atoms with Crippen LogP contribution in [0.25, 0.3) is 21.6 Å². The normalized spacial score (nSPS) is 11.5. The average Bonchev–Trinajstić information content (AvgIpc) is 3.15. The van der Waals surface area contributed by atoms with Gasteiger partial charge >= 0.3 is 0 Å². The Morgan fingerprint density at radius 3 is 2.76 bits per heavy atom. The molecule has 0 saturated carbocycles. The Bertz CT molecular complexity index is 863. The minimum atomic E-state index is -0.149. The highest BCUT2D eigenvalue weighted by atomic mass is 35.5. The number of hydrogen-bond donors (Lipinski definition) is 2. The topological polar surface area (TPSA) is 85.8 Å². The fraction of sp³-hybridized carbons (Fsp3) is 0.312. The van der Waals surface area contributed by atoms with Crippen molar-refractivity contribution in [1.82, 2.24) is 20.1 Å². The molecular weight excluding hydrogens is 381 g/mol. The Kier molecular flexibility index (Phi) is 7.37. The van der Waals surface area contributed by atoms with Crippen molar-refractivity contribution in [2.45, 2.75) is 19.9 Å². The molecule has 0 spiro atoms. The molecule has 25 heavy (non-hydrogen) atoms. The molecule has 0 aliphatic rings. The van der Waals surface area contributed by atoms with E-state index in [0.717, 1.165) is 21.7 Å². The molecule has 9 heteroatoms. The highest BCUT2D eigenvalue weighted by Crippen LogP contribution is 2.29. The van der Waals surface area contributed by atoms with Crippen LogP contribution in [-0.2, 0) is 7.05 Å². The Hall–Kier alpha value is -1.67. The van der Waals surface area contributed by atoms with Gasteiger partial charge in [-0.25, -0.2) is 4.98 Å². The highest BCUT2D eigenvalue weighted by Gasteiger charge is 2.20. The zero-order valence-corrected chi connectivity index (χ0v) is 16.6. The molecule has 3 N–H and O–H groups in total. The summed E-state index contributed by atoms with van der Waals surface area (Å²) < 4.78 is 1.71. The Morgan fingerprint density at radius 2 is 2.16 bits per heavy atom. The summed E-state index contributed by atoms with van der Waals surface area (Å²) in [6.07, 6.45) is 0. The number of rotatable bonds is 4. The number of nitrogens with one attached hydrogen (secondary N) is 1. The van der Waals surface area contributed by atoms with Gasteiger partial charge in [-0.1, -0.05) is 6.07 Å². The quantitative estimate of drug-likeness (QED) is 0.703. The highest BCUT2D eigenvalue weighted by molar-refractivity contribution is 7.13. The second-order valence-electron chi connectivity index (χ2n) is 5.55. The maximum Gasteiger partial charge on any atom is 0.252 e. The number of aryl methyl sites for hydroxylation is 2. The van der Waals surface area contributed by atoms with Crippen molar-refractivity contribution >= 4 is 53.1 Å². The van der Waals surface area contributed by atoms with Gasteiger partial charge in [-0.3, -0.25) is 9.48 Å². The Balaban J connectivity index is 0.00000156. The molecule has 0 aliphatic heterocycles. The number of aromatic nitrogens is 3. The van der Waals surface area contributed by atoms with E-state index in [-0.39, 0.29) is 36.8 Å². The van der Waals surface area contributed by atoms with E-state index < -0.39 is 0 Å². The molecule has 0 aromatic carbocycles. The third kappa shape index (κ3) is 4.12. The van der Waals surface area contributed by atoms with Crippen molar-refractivity contribution in [3.05, 3.63) is 34.8 Å². The number of fused-ring (bicyclic) bond motifs is 1. The number of halogens is 2. The molecule has 3 aromatic rings. The Labute approximate surface area is 162 Å². The summed E-state index contributed by atoms with van der Waals surface area (Å²) in [6, 6.07) is 5.71. The molecule has 0 fully saturated rings. The van der Waals surface area contributed by atoms with E-state index in [9.17, 15) is 4.79 Å². The van der Waals surface area contributed by atoms with Crippen LogP contribution in [0.3, 0.4) is 0 Å². The number of carbonyl (C=O) groups excluding carboxylic acids is 1. The van der Waals surface area contributed by atoms with Crippen molar-refractivity contribution < 1.29 is 4.79 Å². The summed E-state index contributed by atoms with van der Waals surface area (Å²) in [4.78, 5) is 18.4. The first-order valence-electron chi connectivity index (χ1n) is 7.40. The fourth-order valence-electron chi connectivity index (χ4n) is 2.53. The lowest BCUT2D eigenvalue weighted by Crippen LogP contribution is -2.37. The van der Waals surface area contributed by atoms with E-state index in [1.165, 1.54) is 0 Å². The van der Waals surface area contributed by atoms with Crippen LogP contribution in [0.1, 0.15) is 23.0 Å². The van der Waals surface area contributed by atoms with Gasteiger partial charge in [0.15, 0.2) is 5.65 Å². The number of carbonyl (C=O) groups is 1. The van der Waals surface area contributed by atoms with Crippen LogP contribution in [0.15, 0.2) is 23.6 Å². The van der Waals surface area contributed by atoms with Crippen molar-refractivity contribution in [1.29, 1.82) is 0 Å². The zero-order chi connectivity index (χ0) is 16.6. The minimum absolute atomic E-state index is 0.